The summed E-state index contributed by atoms with van der Waals surface area (Å²) >= 11 is 4.24. The molecule has 1 heterocycles. The molecule has 1 fully saturated rings. The number of imide groups is 1. The van der Waals surface area contributed by atoms with E-state index in [4.69, 9.17) is 4.74 Å². The van der Waals surface area contributed by atoms with Crippen LogP contribution in [-0.4, -0.2) is 41.0 Å². The number of rotatable bonds is 8. The molecule has 10 heteroatoms. The average molecular weight is 623 g/mol. The molecule has 3 aromatic rings. The Morgan fingerprint density at radius 2 is 1.55 bits per heavy atom. The second-order valence-electron chi connectivity index (χ2n) is 9.46. The zero-order chi connectivity index (χ0) is 29.0. The Morgan fingerprint density at radius 1 is 0.875 bits per heavy atom. The summed E-state index contributed by atoms with van der Waals surface area (Å²) in [5, 5.41) is 5.09. The number of anilines is 2. The molecule has 1 aliphatic rings. The molecule has 8 nitrogen and oxygen atoms in total. The summed E-state index contributed by atoms with van der Waals surface area (Å²) in [5.74, 6) is -0.806. The zero-order valence-electron chi connectivity index (χ0n) is 22.5. The molecule has 4 rings (SSSR count). The molecule has 2 N–H and O–H groups in total. The van der Waals surface area contributed by atoms with Crippen LogP contribution in [0.5, 0.6) is 5.75 Å². The van der Waals surface area contributed by atoms with Crippen molar-refractivity contribution in [2.45, 2.75) is 27.7 Å². The number of ether oxygens (including phenoxy) is 1. The van der Waals surface area contributed by atoms with Gasteiger partial charge in [-0.2, -0.15) is 0 Å². The predicted molar refractivity (Wildman–Crippen MR) is 161 cm³/mol. The molecular weight excluding hydrogens is 594 g/mol. The molecule has 0 unspecified atom stereocenters. The Balaban J connectivity index is 1.32. The van der Waals surface area contributed by atoms with Gasteiger partial charge in [-0.1, -0.05) is 24.3 Å². The van der Waals surface area contributed by atoms with Gasteiger partial charge in [0, 0.05) is 10.2 Å². The van der Waals surface area contributed by atoms with Gasteiger partial charge < -0.3 is 15.4 Å². The van der Waals surface area contributed by atoms with Gasteiger partial charge in [-0.25, -0.2) is 0 Å². The number of benzene rings is 3. The first kappa shape index (κ1) is 29.1. The lowest BCUT2D eigenvalue weighted by Gasteiger charge is -2.14. The van der Waals surface area contributed by atoms with Gasteiger partial charge in [0.1, 0.15) is 12.3 Å². The van der Waals surface area contributed by atoms with Crippen molar-refractivity contribution in [3.05, 3.63) is 91.8 Å². The molecule has 0 saturated carbocycles. The number of carbonyl (C=O) groups excluding carboxylic acids is 4. The summed E-state index contributed by atoms with van der Waals surface area (Å²) in [7, 11) is 0. The molecule has 1 aliphatic heterocycles. The van der Waals surface area contributed by atoms with Crippen LogP contribution in [0.1, 0.15) is 27.8 Å². The molecule has 0 aliphatic carbocycles. The van der Waals surface area contributed by atoms with Gasteiger partial charge in [-0.05, 0) is 120 Å². The highest BCUT2D eigenvalue weighted by Gasteiger charge is 2.36. The monoisotopic (exact) mass is 621 g/mol. The summed E-state index contributed by atoms with van der Waals surface area (Å²) in [6, 6.07) is 16.3. The number of hydrogen-bond donors (Lipinski definition) is 2. The van der Waals surface area contributed by atoms with Crippen molar-refractivity contribution >= 4 is 68.1 Å². The molecule has 0 bridgehead atoms. The van der Waals surface area contributed by atoms with Crippen LogP contribution in [0.3, 0.4) is 0 Å². The van der Waals surface area contributed by atoms with E-state index in [9.17, 15) is 19.2 Å². The number of hydrogen-bond acceptors (Lipinski definition) is 6. The SMILES string of the molecule is Cc1ccc(C)c(NC(=O)CN2C(=O)S/C(=C/c3ccc(OCC(=O)Nc4cc(C)c(C)cc4Br)cc3)C2=O)c1. The molecule has 0 radical (unpaired) electrons. The zero-order valence-corrected chi connectivity index (χ0v) is 24.9. The van der Waals surface area contributed by atoms with Crippen LogP contribution in [0.4, 0.5) is 16.2 Å². The van der Waals surface area contributed by atoms with Crippen molar-refractivity contribution in [3.8, 4) is 5.75 Å². The van der Waals surface area contributed by atoms with Gasteiger partial charge in [0.05, 0.1) is 10.6 Å². The Morgan fingerprint density at radius 3 is 2.27 bits per heavy atom. The topological polar surface area (TPSA) is 105 Å². The van der Waals surface area contributed by atoms with E-state index in [1.807, 2.05) is 58.0 Å². The molecule has 206 valence electrons. The van der Waals surface area contributed by atoms with E-state index >= 15 is 0 Å². The van der Waals surface area contributed by atoms with Gasteiger partial charge in [0.2, 0.25) is 5.91 Å². The first-order valence-corrected chi connectivity index (χ1v) is 14.0. The van der Waals surface area contributed by atoms with Crippen molar-refractivity contribution in [2.24, 2.45) is 0 Å². The van der Waals surface area contributed by atoms with Crippen molar-refractivity contribution in [1.82, 2.24) is 4.90 Å². The standard InChI is InChI=1S/C30H28BrN3O5S/c1-17-5-6-18(2)24(11-17)32-27(35)15-34-29(37)26(40-30(34)38)14-21-7-9-22(10-8-21)39-16-28(36)33-25-13-20(4)19(3)12-23(25)31/h5-14H,15-16H2,1-4H3,(H,32,35)(H,33,36)/b26-14+. The van der Waals surface area contributed by atoms with E-state index in [-0.39, 0.29) is 24.0 Å². The minimum absolute atomic E-state index is 0.179. The van der Waals surface area contributed by atoms with Crippen LogP contribution in [0.15, 0.2) is 64.0 Å². The fraction of sp³-hybridized carbons (Fsp3) is 0.200. The number of halogens is 1. The molecular formula is C30H28BrN3O5S. The number of nitrogens with one attached hydrogen (secondary N) is 2. The van der Waals surface area contributed by atoms with Crippen LogP contribution in [0.2, 0.25) is 0 Å². The van der Waals surface area contributed by atoms with Crippen molar-refractivity contribution in [1.29, 1.82) is 0 Å². The summed E-state index contributed by atoms with van der Waals surface area (Å²) < 4.78 is 6.39. The third-order valence-corrected chi connectivity index (χ3v) is 7.81. The Bertz CT molecular complexity index is 1540. The number of amides is 4. The Labute approximate surface area is 245 Å². The summed E-state index contributed by atoms with van der Waals surface area (Å²) in [6.07, 6.45) is 1.58. The maximum absolute atomic E-state index is 12.9. The Hall–Kier alpha value is -3.89. The van der Waals surface area contributed by atoms with E-state index in [0.717, 1.165) is 43.4 Å². The van der Waals surface area contributed by atoms with Crippen LogP contribution in [0, 0.1) is 27.7 Å². The second-order valence-corrected chi connectivity index (χ2v) is 11.3. The van der Waals surface area contributed by atoms with Gasteiger partial charge in [-0.15, -0.1) is 0 Å². The number of nitrogens with zero attached hydrogens (tertiary/aromatic N) is 1. The van der Waals surface area contributed by atoms with E-state index in [2.05, 4.69) is 26.6 Å². The third kappa shape index (κ3) is 7.19. The molecule has 40 heavy (non-hydrogen) atoms. The number of carbonyl (C=O) groups is 4. The highest BCUT2D eigenvalue weighted by atomic mass is 79.9. The van der Waals surface area contributed by atoms with E-state index in [1.54, 1.807) is 30.3 Å². The first-order valence-electron chi connectivity index (χ1n) is 12.4. The maximum atomic E-state index is 12.9. The third-order valence-electron chi connectivity index (χ3n) is 6.25. The minimum Gasteiger partial charge on any atom is -0.484 e. The van der Waals surface area contributed by atoms with Crippen LogP contribution in [-0.2, 0) is 14.4 Å². The maximum Gasteiger partial charge on any atom is 0.294 e. The number of thioether (sulfide) groups is 1. The Kier molecular flexibility index (Phi) is 9.11. The normalized spacial score (nSPS) is 14.0. The highest BCUT2D eigenvalue weighted by molar-refractivity contribution is 9.10. The van der Waals surface area contributed by atoms with Crippen molar-refractivity contribution < 1.29 is 23.9 Å². The van der Waals surface area contributed by atoms with E-state index in [0.29, 0.717) is 22.7 Å². The summed E-state index contributed by atoms with van der Waals surface area (Å²) in [5.41, 5.74) is 6.03. The summed E-state index contributed by atoms with van der Waals surface area (Å²) in [6.45, 7) is 7.20. The van der Waals surface area contributed by atoms with E-state index in [1.165, 1.54) is 0 Å². The van der Waals surface area contributed by atoms with Crippen LogP contribution >= 0.6 is 27.7 Å². The molecule has 3 aromatic carbocycles. The fourth-order valence-electron chi connectivity index (χ4n) is 3.86. The quantitative estimate of drug-likeness (QED) is 0.283. The first-order chi connectivity index (χ1) is 19.0. The molecule has 0 aromatic heterocycles. The fourth-order valence-corrected chi connectivity index (χ4v) is 5.26. The van der Waals surface area contributed by atoms with Gasteiger partial charge in [0.15, 0.2) is 6.61 Å². The van der Waals surface area contributed by atoms with Gasteiger partial charge in [-0.3, -0.25) is 24.1 Å². The van der Waals surface area contributed by atoms with Crippen LogP contribution in [0.25, 0.3) is 6.08 Å². The lowest BCUT2D eigenvalue weighted by Crippen LogP contribution is -2.36. The van der Waals surface area contributed by atoms with Gasteiger partial charge >= 0.3 is 0 Å². The summed E-state index contributed by atoms with van der Waals surface area (Å²) in [4.78, 5) is 51.4. The lowest BCUT2D eigenvalue weighted by atomic mass is 10.1. The molecule has 0 spiro atoms. The average Bonchev–Trinajstić information content (AvgIpc) is 3.16. The highest BCUT2D eigenvalue weighted by Crippen LogP contribution is 2.32. The van der Waals surface area contributed by atoms with Gasteiger partial charge in [0.25, 0.3) is 17.1 Å². The van der Waals surface area contributed by atoms with Crippen molar-refractivity contribution in [2.75, 3.05) is 23.8 Å². The molecule has 4 amide bonds. The predicted octanol–water partition coefficient (Wildman–Crippen LogP) is 6.38. The molecule has 0 atom stereocenters. The van der Waals surface area contributed by atoms with Crippen LogP contribution < -0.4 is 15.4 Å². The van der Waals surface area contributed by atoms with E-state index < -0.39 is 17.1 Å². The largest absolute Gasteiger partial charge is 0.484 e. The second kappa shape index (κ2) is 12.5. The van der Waals surface area contributed by atoms with Crippen molar-refractivity contribution in [3.63, 3.8) is 0 Å². The smallest absolute Gasteiger partial charge is 0.294 e. The lowest BCUT2D eigenvalue weighted by molar-refractivity contribution is -0.127. The number of aryl methyl sites for hydroxylation is 4. The molecule has 1 saturated heterocycles. The minimum atomic E-state index is -0.527.